The van der Waals surface area contributed by atoms with Crippen LogP contribution in [-0.2, 0) is 11.3 Å². The molecule has 0 saturated carbocycles. The van der Waals surface area contributed by atoms with E-state index in [-0.39, 0.29) is 11.8 Å². The third-order valence-electron chi connectivity index (χ3n) is 3.71. The number of nitrogens with one attached hydrogen (secondary N) is 1. The van der Waals surface area contributed by atoms with Gasteiger partial charge in [0.15, 0.2) is 0 Å². The van der Waals surface area contributed by atoms with Gasteiger partial charge in [0.2, 0.25) is 5.91 Å². The van der Waals surface area contributed by atoms with Crippen molar-refractivity contribution in [3.63, 3.8) is 0 Å². The molecular weight excluding hydrogens is 292 g/mol. The van der Waals surface area contributed by atoms with Crippen LogP contribution in [0.4, 0.5) is 5.69 Å². The van der Waals surface area contributed by atoms with Gasteiger partial charge in [-0.1, -0.05) is 30.3 Å². The normalized spacial score (nSPS) is 16.6. The molecule has 114 valence electrons. The van der Waals surface area contributed by atoms with Crippen LogP contribution in [0.5, 0.6) is 0 Å². The standard InChI is InChI=1S/C18H20N2OS/c1-20(2)11-13-6-5-7-14(10-13)19-18(21)16-12-22-17-9-4-3-8-15(16)17/h3-10,16H,11-12H2,1-2H3,(H,19,21). The summed E-state index contributed by atoms with van der Waals surface area (Å²) in [6, 6.07) is 16.2. The van der Waals surface area contributed by atoms with Crippen molar-refractivity contribution < 1.29 is 4.79 Å². The van der Waals surface area contributed by atoms with Crippen LogP contribution in [0.1, 0.15) is 17.0 Å². The molecule has 1 atom stereocenters. The van der Waals surface area contributed by atoms with Crippen LogP contribution in [0.15, 0.2) is 53.4 Å². The summed E-state index contributed by atoms with van der Waals surface area (Å²) < 4.78 is 0. The van der Waals surface area contributed by atoms with Crippen LogP contribution in [0.3, 0.4) is 0 Å². The van der Waals surface area contributed by atoms with Gasteiger partial charge in [-0.15, -0.1) is 11.8 Å². The van der Waals surface area contributed by atoms with Crippen molar-refractivity contribution in [2.24, 2.45) is 0 Å². The van der Waals surface area contributed by atoms with Crippen LogP contribution in [0.25, 0.3) is 0 Å². The van der Waals surface area contributed by atoms with E-state index < -0.39 is 0 Å². The Morgan fingerprint density at radius 1 is 1.23 bits per heavy atom. The van der Waals surface area contributed by atoms with Gasteiger partial charge in [0.05, 0.1) is 5.92 Å². The molecule has 2 aromatic carbocycles. The fraction of sp³-hybridized carbons (Fsp3) is 0.278. The van der Waals surface area contributed by atoms with Gasteiger partial charge in [-0.2, -0.15) is 0 Å². The Hall–Kier alpha value is -1.78. The van der Waals surface area contributed by atoms with E-state index in [2.05, 4.69) is 28.4 Å². The van der Waals surface area contributed by atoms with E-state index >= 15 is 0 Å². The molecule has 1 unspecified atom stereocenters. The van der Waals surface area contributed by atoms with E-state index in [4.69, 9.17) is 0 Å². The van der Waals surface area contributed by atoms with Crippen LogP contribution in [0, 0.1) is 0 Å². The molecule has 0 spiro atoms. The fourth-order valence-corrected chi connectivity index (χ4v) is 3.95. The number of thioether (sulfide) groups is 1. The second-order valence-corrected chi connectivity index (χ2v) is 6.89. The zero-order chi connectivity index (χ0) is 15.5. The van der Waals surface area contributed by atoms with Gasteiger partial charge in [-0.3, -0.25) is 4.79 Å². The number of amides is 1. The molecule has 3 nitrogen and oxygen atoms in total. The molecule has 0 fully saturated rings. The summed E-state index contributed by atoms with van der Waals surface area (Å²) in [6.45, 7) is 0.867. The summed E-state index contributed by atoms with van der Waals surface area (Å²) in [5.74, 6) is 0.848. The quantitative estimate of drug-likeness (QED) is 0.936. The largest absolute Gasteiger partial charge is 0.326 e. The number of rotatable bonds is 4. The van der Waals surface area contributed by atoms with Gasteiger partial charge in [0, 0.05) is 22.9 Å². The predicted molar refractivity (Wildman–Crippen MR) is 92.4 cm³/mol. The lowest BCUT2D eigenvalue weighted by Crippen LogP contribution is -2.21. The van der Waals surface area contributed by atoms with Crippen molar-refractivity contribution in [1.82, 2.24) is 4.90 Å². The Morgan fingerprint density at radius 3 is 2.86 bits per heavy atom. The molecule has 1 aliphatic rings. The van der Waals surface area contributed by atoms with E-state index in [1.54, 1.807) is 11.8 Å². The lowest BCUT2D eigenvalue weighted by atomic mass is 10.0. The molecule has 1 amide bonds. The molecule has 0 bridgehead atoms. The van der Waals surface area contributed by atoms with E-state index in [9.17, 15) is 4.79 Å². The molecule has 0 aliphatic carbocycles. The van der Waals surface area contributed by atoms with Gasteiger partial charge in [0.25, 0.3) is 0 Å². The number of hydrogen-bond donors (Lipinski definition) is 1. The zero-order valence-electron chi connectivity index (χ0n) is 12.9. The third kappa shape index (κ3) is 3.34. The Kier molecular flexibility index (Phi) is 4.50. The number of benzene rings is 2. The SMILES string of the molecule is CN(C)Cc1cccc(NC(=O)C2CSc3ccccc32)c1. The average molecular weight is 312 g/mol. The smallest absolute Gasteiger partial charge is 0.232 e. The van der Waals surface area contributed by atoms with Crippen molar-refractivity contribution in [3.05, 3.63) is 59.7 Å². The van der Waals surface area contributed by atoms with Crippen molar-refractivity contribution in [1.29, 1.82) is 0 Å². The van der Waals surface area contributed by atoms with Crippen LogP contribution >= 0.6 is 11.8 Å². The first kappa shape index (κ1) is 15.1. The van der Waals surface area contributed by atoms with E-state index in [1.807, 2.05) is 44.4 Å². The second kappa shape index (κ2) is 6.55. The van der Waals surface area contributed by atoms with E-state index in [0.29, 0.717) is 0 Å². The molecular formula is C18H20N2OS. The fourth-order valence-electron chi connectivity index (χ4n) is 2.72. The predicted octanol–water partition coefficient (Wildman–Crippen LogP) is 3.58. The lowest BCUT2D eigenvalue weighted by Gasteiger charge is -2.14. The van der Waals surface area contributed by atoms with Crippen LogP contribution in [0.2, 0.25) is 0 Å². The molecule has 0 saturated heterocycles. The molecule has 2 aromatic rings. The average Bonchev–Trinajstić information content (AvgIpc) is 2.91. The van der Waals surface area contributed by atoms with Crippen LogP contribution < -0.4 is 5.32 Å². The van der Waals surface area contributed by atoms with Gasteiger partial charge in [-0.25, -0.2) is 0 Å². The minimum Gasteiger partial charge on any atom is -0.326 e. The minimum atomic E-state index is -0.0568. The van der Waals surface area contributed by atoms with Crippen molar-refractivity contribution in [3.8, 4) is 0 Å². The Morgan fingerprint density at radius 2 is 2.05 bits per heavy atom. The maximum absolute atomic E-state index is 12.6. The topological polar surface area (TPSA) is 32.3 Å². The van der Waals surface area contributed by atoms with Gasteiger partial charge < -0.3 is 10.2 Å². The van der Waals surface area contributed by atoms with Crippen LogP contribution in [-0.4, -0.2) is 30.7 Å². The number of fused-ring (bicyclic) bond motifs is 1. The summed E-state index contributed by atoms with van der Waals surface area (Å²) >= 11 is 1.76. The number of carbonyl (C=O) groups is 1. The summed E-state index contributed by atoms with van der Waals surface area (Å²) in [6.07, 6.45) is 0. The van der Waals surface area contributed by atoms with Gasteiger partial charge in [-0.05, 0) is 43.4 Å². The highest BCUT2D eigenvalue weighted by molar-refractivity contribution is 7.99. The number of anilines is 1. The molecule has 1 N–H and O–H groups in total. The summed E-state index contributed by atoms with van der Waals surface area (Å²) in [5.41, 5.74) is 3.22. The Labute approximate surface area is 135 Å². The maximum Gasteiger partial charge on any atom is 0.232 e. The Balaban J connectivity index is 1.73. The molecule has 1 heterocycles. The molecule has 1 aliphatic heterocycles. The molecule has 0 radical (unpaired) electrons. The van der Waals surface area contributed by atoms with E-state index in [0.717, 1.165) is 23.5 Å². The minimum absolute atomic E-state index is 0.0568. The van der Waals surface area contributed by atoms with E-state index in [1.165, 1.54) is 10.5 Å². The number of carbonyl (C=O) groups excluding carboxylic acids is 1. The van der Waals surface area contributed by atoms with Crippen molar-refractivity contribution in [2.75, 3.05) is 25.2 Å². The zero-order valence-corrected chi connectivity index (χ0v) is 13.7. The summed E-state index contributed by atoms with van der Waals surface area (Å²) in [5, 5.41) is 3.07. The van der Waals surface area contributed by atoms with Crippen molar-refractivity contribution in [2.45, 2.75) is 17.4 Å². The maximum atomic E-state index is 12.6. The third-order valence-corrected chi connectivity index (χ3v) is 4.89. The lowest BCUT2D eigenvalue weighted by molar-refractivity contribution is -0.117. The monoisotopic (exact) mass is 312 g/mol. The molecule has 22 heavy (non-hydrogen) atoms. The first-order chi connectivity index (χ1) is 10.6. The van der Waals surface area contributed by atoms with Gasteiger partial charge >= 0.3 is 0 Å². The van der Waals surface area contributed by atoms with Gasteiger partial charge in [0.1, 0.15) is 0 Å². The highest BCUT2D eigenvalue weighted by Gasteiger charge is 2.28. The Bertz CT molecular complexity index is 684. The highest BCUT2D eigenvalue weighted by atomic mass is 32.2. The highest BCUT2D eigenvalue weighted by Crippen LogP contribution is 2.39. The summed E-state index contributed by atoms with van der Waals surface area (Å²) in [4.78, 5) is 15.9. The molecule has 0 aromatic heterocycles. The van der Waals surface area contributed by atoms with Crippen molar-refractivity contribution >= 4 is 23.4 Å². The number of nitrogens with zero attached hydrogens (tertiary/aromatic N) is 1. The first-order valence-corrected chi connectivity index (χ1v) is 8.38. The molecule has 3 rings (SSSR count). The summed E-state index contributed by atoms with van der Waals surface area (Å²) in [7, 11) is 4.08. The number of hydrogen-bond acceptors (Lipinski definition) is 3. The first-order valence-electron chi connectivity index (χ1n) is 7.40. The second-order valence-electron chi connectivity index (χ2n) is 5.83. The molecule has 4 heteroatoms.